The second kappa shape index (κ2) is 10.8. The lowest BCUT2D eigenvalue weighted by atomic mass is 9.96. The molecule has 40 heavy (non-hydrogen) atoms. The zero-order chi connectivity index (χ0) is 28.6. The Bertz CT molecular complexity index is 1850. The van der Waals surface area contributed by atoms with Gasteiger partial charge in [-0.3, -0.25) is 19.5 Å². The third-order valence-electron chi connectivity index (χ3n) is 6.53. The summed E-state index contributed by atoms with van der Waals surface area (Å²) in [6.07, 6.45) is 1.63. The van der Waals surface area contributed by atoms with Gasteiger partial charge in [-0.05, 0) is 62.2 Å². The highest BCUT2D eigenvalue weighted by molar-refractivity contribution is 7.07. The molecule has 0 radical (unpaired) electrons. The SMILES string of the molecule is CCOC(=O)C1=C(C)N=c2s/c(=C\c3ccc(-c4ccc([N+](=O)[O-])cc4C)o3)c(=O)n2[C@H]1c1ccc(OC)cc1. The molecule has 4 aromatic rings. The van der Waals surface area contributed by atoms with E-state index in [0.717, 1.165) is 0 Å². The number of furan rings is 1. The minimum atomic E-state index is -0.738. The number of allylic oxidation sites excluding steroid dienone is 1. The van der Waals surface area contributed by atoms with Crippen molar-refractivity contribution < 1.29 is 23.6 Å². The summed E-state index contributed by atoms with van der Waals surface area (Å²) in [6.45, 7) is 5.40. The lowest BCUT2D eigenvalue weighted by molar-refractivity contribution is -0.384. The second-order valence-electron chi connectivity index (χ2n) is 9.03. The monoisotopic (exact) mass is 559 g/mol. The summed E-state index contributed by atoms with van der Waals surface area (Å²) in [7, 11) is 1.56. The molecule has 0 bridgehead atoms. The van der Waals surface area contributed by atoms with Crippen LogP contribution in [0, 0.1) is 17.0 Å². The fourth-order valence-corrected chi connectivity index (χ4v) is 5.66. The van der Waals surface area contributed by atoms with Gasteiger partial charge in [-0.25, -0.2) is 9.79 Å². The second-order valence-corrected chi connectivity index (χ2v) is 10.0. The van der Waals surface area contributed by atoms with Crippen molar-refractivity contribution in [3.63, 3.8) is 0 Å². The number of methoxy groups -OCH3 is 1. The van der Waals surface area contributed by atoms with Crippen molar-refractivity contribution in [3.8, 4) is 17.1 Å². The van der Waals surface area contributed by atoms with E-state index in [4.69, 9.17) is 13.9 Å². The smallest absolute Gasteiger partial charge is 0.338 e. The topological polar surface area (TPSA) is 126 Å². The number of non-ortho nitro benzene ring substituents is 1. The number of ether oxygens (including phenoxy) is 2. The molecule has 0 saturated carbocycles. The van der Waals surface area contributed by atoms with Crippen LogP contribution in [0.4, 0.5) is 5.69 Å². The van der Waals surface area contributed by atoms with Crippen LogP contribution in [0.1, 0.15) is 36.8 Å². The fourth-order valence-electron chi connectivity index (χ4n) is 4.64. The Labute approximate surface area is 232 Å². The molecule has 2 aromatic carbocycles. The predicted octanol–water partition coefficient (Wildman–Crippen LogP) is 4.28. The number of hydrogen-bond acceptors (Lipinski definition) is 9. The number of thiazole rings is 1. The van der Waals surface area contributed by atoms with E-state index in [0.29, 0.717) is 54.6 Å². The number of benzene rings is 2. The maximum atomic E-state index is 13.8. The molecule has 204 valence electrons. The maximum absolute atomic E-state index is 13.8. The summed E-state index contributed by atoms with van der Waals surface area (Å²) >= 11 is 1.19. The van der Waals surface area contributed by atoms with Gasteiger partial charge in [0.25, 0.3) is 11.2 Å². The number of nitro benzene ring substituents is 1. The van der Waals surface area contributed by atoms with Crippen molar-refractivity contribution in [1.29, 1.82) is 0 Å². The molecule has 11 heteroatoms. The lowest BCUT2D eigenvalue weighted by Gasteiger charge is -2.24. The van der Waals surface area contributed by atoms with Crippen LogP contribution in [0.5, 0.6) is 5.75 Å². The van der Waals surface area contributed by atoms with E-state index < -0.39 is 16.9 Å². The molecule has 1 atom stereocenters. The Morgan fingerprint density at radius 2 is 1.93 bits per heavy atom. The number of hydrogen-bond donors (Lipinski definition) is 0. The van der Waals surface area contributed by atoms with Crippen LogP contribution in [-0.4, -0.2) is 29.2 Å². The van der Waals surface area contributed by atoms with Crippen molar-refractivity contribution in [2.75, 3.05) is 13.7 Å². The highest BCUT2D eigenvalue weighted by Crippen LogP contribution is 2.32. The molecule has 5 rings (SSSR count). The van der Waals surface area contributed by atoms with E-state index in [2.05, 4.69) is 4.99 Å². The molecule has 0 aliphatic carbocycles. The van der Waals surface area contributed by atoms with Crippen molar-refractivity contribution in [1.82, 2.24) is 4.57 Å². The highest BCUT2D eigenvalue weighted by atomic mass is 32.1. The van der Waals surface area contributed by atoms with E-state index in [-0.39, 0.29) is 17.9 Å². The Kier molecular flexibility index (Phi) is 7.22. The van der Waals surface area contributed by atoms with Crippen LogP contribution in [0.3, 0.4) is 0 Å². The highest BCUT2D eigenvalue weighted by Gasteiger charge is 2.33. The average Bonchev–Trinajstić information content (AvgIpc) is 3.52. The lowest BCUT2D eigenvalue weighted by Crippen LogP contribution is -2.39. The van der Waals surface area contributed by atoms with Crippen LogP contribution in [0.15, 0.2) is 80.1 Å². The predicted molar refractivity (Wildman–Crippen MR) is 149 cm³/mol. The molecule has 0 amide bonds. The number of aromatic nitrogens is 1. The summed E-state index contributed by atoms with van der Waals surface area (Å²) in [6, 6.07) is 14.4. The molecular weight excluding hydrogens is 534 g/mol. The van der Waals surface area contributed by atoms with Gasteiger partial charge in [0.05, 0.1) is 40.5 Å². The van der Waals surface area contributed by atoms with Gasteiger partial charge in [-0.15, -0.1) is 0 Å². The summed E-state index contributed by atoms with van der Waals surface area (Å²) < 4.78 is 18.5. The first-order valence-electron chi connectivity index (χ1n) is 12.4. The standard InChI is InChI=1S/C29H25N3O7S/c1-5-38-28(34)25-17(3)30-29-31(26(25)18-6-9-20(37-4)10-7-18)27(33)24(40-29)15-21-11-13-23(39-21)22-12-8-19(32(35)36)14-16(22)2/h6-15,26H,5H2,1-4H3/b24-15-/t26-/m0/s1. The van der Waals surface area contributed by atoms with E-state index in [1.54, 1.807) is 64.3 Å². The summed E-state index contributed by atoms with van der Waals surface area (Å²) in [5.74, 6) is 1.06. The molecule has 0 spiro atoms. The van der Waals surface area contributed by atoms with E-state index in [9.17, 15) is 19.7 Å². The summed E-state index contributed by atoms with van der Waals surface area (Å²) in [5.41, 5.74) is 2.54. The Hall–Kier alpha value is -4.77. The molecule has 0 saturated heterocycles. The summed E-state index contributed by atoms with van der Waals surface area (Å²) in [5, 5.41) is 11.1. The van der Waals surface area contributed by atoms with Gasteiger partial charge >= 0.3 is 5.97 Å². The van der Waals surface area contributed by atoms with Gasteiger partial charge in [0.2, 0.25) is 0 Å². The first kappa shape index (κ1) is 26.8. The van der Waals surface area contributed by atoms with Crippen LogP contribution in [0.2, 0.25) is 0 Å². The van der Waals surface area contributed by atoms with Gasteiger partial charge in [-0.2, -0.15) is 0 Å². The Morgan fingerprint density at radius 1 is 1.18 bits per heavy atom. The molecule has 1 aliphatic rings. The molecular formula is C29H25N3O7S. The van der Waals surface area contributed by atoms with Crippen molar-refractivity contribution in [3.05, 3.63) is 113 Å². The molecule has 0 N–H and O–H groups in total. The summed E-state index contributed by atoms with van der Waals surface area (Å²) in [4.78, 5) is 42.4. The molecule has 3 heterocycles. The van der Waals surface area contributed by atoms with Gasteiger partial charge in [-0.1, -0.05) is 23.5 Å². The number of carbonyl (C=O) groups excluding carboxylic acids is 1. The van der Waals surface area contributed by atoms with Crippen molar-refractivity contribution >= 4 is 29.1 Å². The molecule has 10 nitrogen and oxygen atoms in total. The first-order valence-corrected chi connectivity index (χ1v) is 13.2. The quantitative estimate of drug-likeness (QED) is 0.188. The number of esters is 1. The number of fused-ring (bicyclic) bond motifs is 1. The van der Waals surface area contributed by atoms with E-state index in [1.165, 1.54) is 28.0 Å². The van der Waals surface area contributed by atoms with Crippen LogP contribution in [0.25, 0.3) is 17.4 Å². The number of nitrogens with zero attached hydrogens (tertiary/aromatic N) is 3. The zero-order valence-corrected chi connectivity index (χ0v) is 23.0. The van der Waals surface area contributed by atoms with Crippen molar-refractivity contribution in [2.24, 2.45) is 4.99 Å². The average molecular weight is 560 g/mol. The number of aryl methyl sites for hydroxylation is 1. The third kappa shape index (κ3) is 4.87. The number of carbonyl (C=O) groups is 1. The third-order valence-corrected chi connectivity index (χ3v) is 7.52. The molecule has 0 fully saturated rings. The van der Waals surface area contributed by atoms with Crippen LogP contribution >= 0.6 is 11.3 Å². The van der Waals surface area contributed by atoms with E-state index >= 15 is 0 Å². The fraction of sp³-hybridized carbons (Fsp3) is 0.207. The normalized spacial score (nSPS) is 15.0. The van der Waals surface area contributed by atoms with Gasteiger partial charge < -0.3 is 13.9 Å². The van der Waals surface area contributed by atoms with Gasteiger partial charge in [0, 0.05) is 23.8 Å². The van der Waals surface area contributed by atoms with Crippen LogP contribution in [-0.2, 0) is 9.53 Å². The first-order chi connectivity index (χ1) is 19.2. The number of rotatable bonds is 7. The maximum Gasteiger partial charge on any atom is 0.338 e. The zero-order valence-electron chi connectivity index (χ0n) is 22.2. The Balaban J connectivity index is 1.60. The minimum absolute atomic E-state index is 0.00182. The van der Waals surface area contributed by atoms with E-state index in [1.807, 2.05) is 12.1 Å². The van der Waals surface area contributed by atoms with Crippen molar-refractivity contribution in [2.45, 2.75) is 26.8 Å². The molecule has 2 aromatic heterocycles. The molecule has 1 aliphatic heterocycles. The van der Waals surface area contributed by atoms with Crippen LogP contribution < -0.4 is 19.6 Å². The minimum Gasteiger partial charge on any atom is -0.497 e. The van der Waals surface area contributed by atoms with Gasteiger partial charge in [0.1, 0.15) is 17.3 Å². The Morgan fingerprint density at radius 3 is 2.58 bits per heavy atom. The largest absolute Gasteiger partial charge is 0.497 e. The molecule has 0 unspecified atom stereocenters. The van der Waals surface area contributed by atoms with Gasteiger partial charge in [0.15, 0.2) is 4.80 Å². The number of nitro groups is 1.